The van der Waals surface area contributed by atoms with Crippen LogP contribution in [-0.4, -0.2) is 34.5 Å². The largest absolute Gasteiger partial charge is 0.507 e. The van der Waals surface area contributed by atoms with Gasteiger partial charge in [-0.1, -0.05) is 25.1 Å². The molecule has 1 aliphatic heterocycles. The number of hydrogen-bond acceptors (Lipinski definition) is 5. The number of benzene rings is 1. The second kappa shape index (κ2) is 6.35. The summed E-state index contributed by atoms with van der Waals surface area (Å²) in [7, 11) is 0. The third-order valence-electron chi connectivity index (χ3n) is 3.43. The Labute approximate surface area is 128 Å². The van der Waals surface area contributed by atoms with Crippen molar-refractivity contribution in [3.63, 3.8) is 0 Å². The van der Waals surface area contributed by atoms with Crippen LogP contribution >= 0.6 is 11.8 Å². The minimum absolute atomic E-state index is 0.201. The van der Waals surface area contributed by atoms with Crippen molar-refractivity contribution >= 4 is 23.5 Å². The van der Waals surface area contributed by atoms with Crippen molar-refractivity contribution in [1.29, 1.82) is 0 Å². The number of ketones is 1. The highest BCUT2D eigenvalue weighted by Gasteiger charge is 2.37. The monoisotopic (exact) mass is 306 g/mol. The molecule has 0 bridgehead atoms. The molecular weight excluding hydrogens is 288 g/mol. The molecule has 0 spiro atoms. The number of aliphatic hydroxyl groups excluding tert-OH is 1. The number of Topliss-reactive ketones (excluding diaryl/α,β-unsaturated/α-hetero) is 1. The highest BCUT2D eigenvalue weighted by Crippen LogP contribution is 2.32. The Hall–Kier alpha value is -1.75. The summed E-state index contributed by atoms with van der Waals surface area (Å²) in [5, 5.41) is 9.90. The molecule has 0 aromatic carbocycles. The van der Waals surface area contributed by atoms with E-state index in [9.17, 15) is 14.7 Å². The van der Waals surface area contributed by atoms with Gasteiger partial charge >= 0.3 is 5.97 Å². The van der Waals surface area contributed by atoms with Gasteiger partial charge in [-0.05, 0) is 30.4 Å². The van der Waals surface area contributed by atoms with Crippen molar-refractivity contribution in [1.82, 2.24) is 0 Å². The molecule has 1 N–H and O–H groups in total. The number of carbonyl (C=O) groups is 2. The van der Waals surface area contributed by atoms with E-state index in [-0.39, 0.29) is 16.6 Å². The third-order valence-corrected chi connectivity index (χ3v) is 4.42. The third kappa shape index (κ3) is 3.67. The van der Waals surface area contributed by atoms with Gasteiger partial charge in [0.1, 0.15) is 5.57 Å². The van der Waals surface area contributed by atoms with E-state index >= 15 is 0 Å². The molecule has 2 unspecified atom stereocenters. The first kappa shape index (κ1) is 15.6. The van der Waals surface area contributed by atoms with E-state index < -0.39 is 17.9 Å². The number of fused-ring (bicyclic) bond motifs is 1. The van der Waals surface area contributed by atoms with Gasteiger partial charge in [-0.2, -0.15) is 11.8 Å². The van der Waals surface area contributed by atoms with E-state index in [1.54, 1.807) is 11.8 Å². The highest BCUT2D eigenvalue weighted by molar-refractivity contribution is 7.99. The zero-order valence-electron chi connectivity index (χ0n) is 12.3. The minimum Gasteiger partial charge on any atom is -0.507 e. The maximum absolute atomic E-state index is 11.2. The fourth-order valence-corrected chi connectivity index (χ4v) is 2.43. The van der Waals surface area contributed by atoms with Crippen LogP contribution in [0, 0.1) is 0 Å². The molecule has 2 aliphatic carbocycles. The molecule has 0 radical (unpaired) electrons. The standard InChI is InChI=1S/C10H14O4S.C6H4/c1-5(15-3)4-7-9(12)8(6(2)11)10(13)14-7;1-2-5-4-6(5)3-1/h5,7,12H,4H2,1-3H3;1-4H. The zero-order valence-corrected chi connectivity index (χ0v) is 13.1. The highest BCUT2D eigenvalue weighted by atomic mass is 32.2. The first-order valence-corrected chi connectivity index (χ1v) is 8.01. The van der Waals surface area contributed by atoms with Crippen LogP contribution in [0.15, 0.2) is 35.6 Å². The predicted molar refractivity (Wildman–Crippen MR) is 83.2 cm³/mol. The van der Waals surface area contributed by atoms with Crippen molar-refractivity contribution in [2.75, 3.05) is 6.26 Å². The molecule has 21 heavy (non-hydrogen) atoms. The molecule has 2 atom stereocenters. The predicted octanol–water partition coefficient (Wildman–Crippen LogP) is 3.12. The van der Waals surface area contributed by atoms with E-state index in [0.717, 1.165) is 0 Å². The van der Waals surface area contributed by atoms with Crippen LogP contribution in [0.2, 0.25) is 0 Å². The quantitative estimate of drug-likeness (QED) is 0.694. The van der Waals surface area contributed by atoms with Gasteiger partial charge in [0.15, 0.2) is 17.6 Å². The van der Waals surface area contributed by atoms with Crippen LogP contribution in [-0.2, 0) is 14.3 Å². The number of esters is 1. The smallest absolute Gasteiger partial charge is 0.346 e. The average Bonchev–Trinajstić information content (AvgIpc) is 2.92. The summed E-state index contributed by atoms with van der Waals surface area (Å²) in [5.41, 5.74) is 2.65. The lowest BCUT2D eigenvalue weighted by Crippen LogP contribution is -2.16. The van der Waals surface area contributed by atoms with Crippen molar-refractivity contribution < 1.29 is 19.4 Å². The lowest BCUT2D eigenvalue weighted by Gasteiger charge is -2.13. The van der Waals surface area contributed by atoms with E-state index in [1.165, 1.54) is 18.1 Å². The Bertz CT molecular complexity index is 589. The van der Waals surface area contributed by atoms with Gasteiger partial charge in [-0.3, -0.25) is 4.79 Å². The average molecular weight is 306 g/mol. The molecule has 0 fully saturated rings. The summed E-state index contributed by atoms with van der Waals surface area (Å²) in [6.45, 7) is 3.21. The van der Waals surface area contributed by atoms with E-state index in [4.69, 9.17) is 4.74 Å². The summed E-state index contributed by atoms with van der Waals surface area (Å²) in [6, 6.07) is 8.48. The Morgan fingerprint density at radius 3 is 2.38 bits per heavy atom. The maximum Gasteiger partial charge on any atom is 0.346 e. The summed E-state index contributed by atoms with van der Waals surface area (Å²) in [5.74, 6) is -1.37. The number of aliphatic hydroxyl groups is 1. The lowest BCUT2D eigenvalue weighted by atomic mass is 10.1. The van der Waals surface area contributed by atoms with Crippen LogP contribution in [0.1, 0.15) is 20.3 Å². The van der Waals surface area contributed by atoms with E-state index in [0.29, 0.717) is 6.42 Å². The fraction of sp³-hybridized carbons (Fsp3) is 0.375. The molecule has 0 aromatic heterocycles. The first-order valence-electron chi connectivity index (χ1n) is 6.72. The molecule has 0 aromatic rings. The molecule has 5 heteroatoms. The van der Waals surface area contributed by atoms with Crippen LogP contribution in [0.4, 0.5) is 0 Å². The van der Waals surface area contributed by atoms with Crippen molar-refractivity contribution in [2.45, 2.75) is 31.6 Å². The van der Waals surface area contributed by atoms with Crippen LogP contribution < -0.4 is 0 Å². The SMILES string of the molecule is CSC(C)CC1OC(=O)C(C(C)=O)=C1O.c1cc2cc-2c1. The van der Waals surface area contributed by atoms with Crippen molar-refractivity contribution in [3.8, 4) is 11.1 Å². The second-order valence-electron chi connectivity index (χ2n) is 5.07. The van der Waals surface area contributed by atoms with Crippen molar-refractivity contribution in [2.24, 2.45) is 0 Å². The summed E-state index contributed by atoms with van der Waals surface area (Å²) in [4.78, 5) is 22.3. The molecule has 1 heterocycles. The Balaban J connectivity index is 0.000000218. The summed E-state index contributed by atoms with van der Waals surface area (Å²) >= 11 is 1.61. The number of rotatable bonds is 4. The zero-order chi connectivity index (χ0) is 15.6. The van der Waals surface area contributed by atoms with Crippen LogP contribution in [0.3, 0.4) is 0 Å². The lowest BCUT2D eigenvalue weighted by molar-refractivity contribution is -0.141. The normalized spacial score (nSPS) is 19.6. The van der Waals surface area contributed by atoms with Gasteiger partial charge in [0, 0.05) is 11.7 Å². The first-order chi connectivity index (χ1) is 9.93. The second-order valence-corrected chi connectivity index (χ2v) is 6.35. The number of carbonyl (C=O) groups excluding carboxylic acids is 2. The number of cyclic esters (lactones) is 1. The number of thioether (sulfide) groups is 1. The molecular formula is C16H18O4S. The Morgan fingerprint density at radius 2 is 2.05 bits per heavy atom. The summed E-state index contributed by atoms with van der Waals surface area (Å²) < 4.78 is 4.92. The molecule has 112 valence electrons. The molecule has 3 rings (SSSR count). The molecule has 0 saturated heterocycles. The fourth-order valence-electron chi connectivity index (χ4n) is 2.07. The maximum atomic E-state index is 11.2. The van der Waals surface area contributed by atoms with E-state index in [2.05, 4.69) is 24.3 Å². The minimum atomic E-state index is -0.710. The van der Waals surface area contributed by atoms with Gasteiger partial charge < -0.3 is 9.84 Å². The number of ether oxygens (including phenoxy) is 1. The molecule has 0 amide bonds. The van der Waals surface area contributed by atoms with Crippen LogP contribution in [0.25, 0.3) is 11.1 Å². The van der Waals surface area contributed by atoms with Gasteiger partial charge in [0.25, 0.3) is 0 Å². The molecule has 0 saturated carbocycles. The number of hydrogen-bond donors (Lipinski definition) is 1. The van der Waals surface area contributed by atoms with Gasteiger partial charge in [0.2, 0.25) is 0 Å². The van der Waals surface area contributed by atoms with Gasteiger partial charge in [-0.15, -0.1) is 0 Å². The molecule has 3 aliphatic rings. The van der Waals surface area contributed by atoms with Crippen molar-refractivity contribution in [3.05, 3.63) is 35.6 Å². The van der Waals surface area contributed by atoms with Gasteiger partial charge in [-0.25, -0.2) is 4.79 Å². The van der Waals surface area contributed by atoms with E-state index in [1.807, 2.05) is 13.2 Å². The topological polar surface area (TPSA) is 63.6 Å². The summed E-state index contributed by atoms with van der Waals surface area (Å²) in [6.07, 6.45) is 1.81. The Kier molecular flexibility index (Phi) is 4.73. The molecule has 4 nitrogen and oxygen atoms in total. The Morgan fingerprint density at radius 1 is 1.43 bits per heavy atom. The van der Waals surface area contributed by atoms with Gasteiger partial charge in [0.05, 0.1) is 0 Å². The van der Waals surface area contributed by atoms with Crippen LogP contribution in [0.5, 0.6) is 0 Å².